The maximum atomic E-state index is 12.1. The third-order valence-electron chi connectivity index (χ3n) is 3.77. The Morgan fingerprint density at radius 1 is 1.00 bits per heavy atom. The van der Waals surface area contributed by atoms with Crippen molar-refractivity contribution in [3.05, 3.63) is 42.5 Å². The van der Waals surface area contributed by atoms with Crippen molar-refractivity contribution < 1.29 is 33.3 Å². The molecular weight excluding hydrogens is 342 g/mol. The minimum absolute atomic E-state index is 0.0274. The van der Waals surface area contributed by atoms with Crippen molar-refractivity contribution in [1.82, 2.24) is 0 Å². The van der Waals surface area contributed by atoms with E-state index < -0.39 is 24.6 Å². The molecule has 0 unspecified atom stereocenters. The highest BCUT2D eigenvalue weighted by atomic mass is 16.7. The average molecular weight is 357 g/mol. The minimum Gasteiger partial charge on any atom is -0.485 e. The van der Waals surface area contributed by atoms with E-state index in [9.17, 15) is 9.59 Å². The molecule has 1 atom stereocenters. The summed E-state index contributed by atoms with van der Waals surface area (Å²) >= 11 is 0. The summed E-state index contributed by atoms with van der Waals surface area (Å²) in [6.07, 6.45) is -0.914. The van der Waals surface area contributed by atoms with E-state index in [0.29, 0.717) is 28.7 Å². The molecule has 8 nitrogen and oxygen atoms in total. The third kappa shape index (κ3) is 3.34. The van der Waals surface area contributed by atoms with E-state index in [4.69, 9.17) is 23.7 Å². The molecular formula is C18H15NO7. The van der Waals surface area contributed by atoms with Gasteiger partial charge in [0.05, 0.1) is 0 Å². The quantitative estimate of drug-likeness (QED) is 0.833. The molecule has 2 aromatic rings. The second-order valence-corrected chi connectivity index (χ2v) is 5.59. The van der Waals surface area contributed by atoms with Crippen LogP contribution in [0.4, 0.5) is 5.69 Å². The predicted molar refractivity (Wildman–Crippen MR) is 88.5 cm³/mol. The Labute approximate surface area is 148 Å². The lowest BCUT2D eigenvalue weighted by Gasteiger charge is -2.24. The zero-order valence-electron chi connectivity index (χ0n) is 13.6. The van der Waals surface area contributed by atoms with E-state index >= 15 is 0 Å². The van der Waals surface area contributed by atoms with Gasteiger partial charge < -0.3 is 29.0 Å². The predicted octanol–water partition coefficient (Wildman–Crippen LogP) is 1.74. The number of hydrogen-bond acceptors (Lipinski definition) is 7. The van der Waals surface area contributed by atoms with Crippen LogP contribution in [0.2, 0.25) is 0 Å². The maximum Gasteiger partial charge on any atom is 0.351 e. The second kappa shape index (κ2) is 6.83. The lowest BCUT2D eigenvalue weighted by atomic mass is 10.2. The molecule has 0 spiro atoms. The monoisotopic (exact) mass is 357 g/mol. The van der Waals surface area contributed by atoms with Crippen molar-refractivity contribution in [3.63, 3.8) is 0 Å². The lowest BCUT2D eigenvalue weighted by molar-refractivity contribution is -0.156. The Morgan fingerprint density at radius 3 is 2.65 bits per heavy atom. The van der Waals surface area contributed by atoms with Crippen LogP contribution in [0.3, 0.4) is 0 Å². The molecule has 1 amide bonds. The largest absolute Gasteiger partial charge is 0.485 e. The molecule has 0 bridgehead atoms. The van der Waals surface area contributed by atoms with Gasteiger partial charge in [-0.25, -0.2) is 4.79 Å². The van der Waals surface area contributed by atoms with Crippen LogP contribution in [0.5, 0.6) is 23.0 Å². The van der Waals surface area contributed by atoms with E-state index in [1.807, 2.05) is 0 Å². The number of carbonyl (C=O) groups excluding carboxylic acids is 2. The van der Waals surface area contributed by atoms with Gasteiger partial charge in [-0.3, -0.25) is 4.79 Å². The fourth-order valence-electron chi connectivity index (χ4n) is 2.54. The molecule has 0 saturated carbocycles. The fraction of sp³-hybridized carbons (Fsp3) is 0.222. The molecule has 4 rings (SSSR count). The zero-order chi connectivity index (χ0) is 17.9. The molecule has 0 aliphatic carbocycles. The van der Waals surface area contributed by atoms with Crippen LogP contribution in [0.1, 0.15) is 0 Å². The standard InChI is InChI=1S/C18H15NO7/c20-17(19-11-5-6-13-15(7-11)25-10-24-13)9-23-18(21)16-8-22-12-3-1-2-4-14(12)26-16/h1-7,16H,8-10H2,(H,19,20)/t16-/m0/s1. The summed E-state index contributed by atoms with van der Waals surface area (Å²) in [5, 5.41) is 2.62. The van der Waals surface area contributed by atoms with Crippen molar-refractivity contribution in [3.8, 4) is 23.0 Å². The molecule has 2 aliphatic rings. The Kier molecular flexibility index (Phi) is 4.22. The summed E-state index contributed by atoms with van der Waals surface area (Å²) in [7, 11) is 0. The van der Waals surface area contributed by atoms with Crippen LogP contribution in [0.25, 0.3) is 0 Å². The Balaban J connectivity index is 1.28. The number of para-hydroxylation sites is 2. The van der Waals surface area contributed by atoms with Crippen molar-refractivity contribution in [2.45, 2.75) is 6.10 Å². The highest BCUT2D eigenvalue weighted by Gasteiger charge is 2.29. The van der Waals surface area contributed by atoms with E-state index in [2.05, 4.69) is 5.32 Å². The van der Waals surface area contributed by atoms with Gasteiger partial charge in [0, 0.05) is 11.8 Å². The summed E-state index contributed by atoms with van der Waals surface area (Å²) in [6.45, 7) is -0.259. The van der Waals surface area contributed by atoms with Crippen LogP contribution in [0.15, 0.2) is 42.5 Å². The van der Waals surface area contributed by atoms with Crippen molar-refractivity contribution >= 4 is 17.6 Å². The first-order chi connectivity index (χ1) is 12.7. The van der Waals surface area contributed by atoms with Crippen LogP contribution in [-0.4, -0.2) is 38.0 Å². The highest BCUT2D eigenvalue weighted by Crippen LogP contribution is 2.34. The van der Waals surface area contributed by atoms with Gasteiger partial charge in [0.2, 0.25) is 12.9 Å². The molecule has 134 valence electrons. The first-order valence-electron chi connectivity index (χ1n) is 7.94. The number of esters is 1. The third-order valence-corrected chi connectivity index (χ3v) is 3.77. The Morgan fingerprint density at radius 2 is 1.77 bits per heavy atom. The van der Waals surface area contributed by atoms with Gasteiger partial charge in [0.1, 0.15) is 6.61 Å². The van der Waals surface area contributed by atoms with Gasteiger partial charge in [0.15, 0.2) is 29.6 Å². The van der Waals surface area contributed by atoms with Crippen molar-refractivity contribution in [2.75, 3.05) is 25.3 Å². The molecule has 26 heavy (non-hydrogen) atoms. The van der Waals surface area contributed by atoms with Gasteiger partial charge in [0.25, 0.3) is 5.91 Å². The zero-order valence-corrected chi connectivity index (χ0v) is 13.6. The molecule has 2 aliphatic heterocycles. The van der Waals surface area contributed by atoms with Crippen LogP contribution < -0.4 is 24.3 Å². The van der Waals surface area contributed by atoms with E-state index in [1.54, 1.807) is 42.5 Å². The summed E-state index contributed by atoms with van der Waals surface area (Å²) in [5.41, 5.74) is 0.515. The number of carbonyl (C=O) groups is 2. The number of benzene rings is 2. The second-order valence-electron chi connectivity index (χ2n) is 5.59. The molecule has 2 aromatic carbocycles. The summed E-state index contributed by atoms with van der Waals surface area (Å²) in [6, 6.07) is 12.0. The number of rotatable bonds is 4. The average Bonchev–Trinajstić information content (AvgIpc) is 3.13. The van der Waals surface area contributed by atoms with Crippen LogP contribution in [0, 0.1) is 0 Å². The first-order valence-corrected chi connectivity index (χ1v) is 7.94. The van der Waals surface area contributed by atoms with Crippen molar-refractivity contribution in [2.24, 2.45) is 0 Å². The van der Waals surface area contributed by atoms with E-state index in [1.165, 1.54) is 0 Å². The molecule has 0 fully saturated rings. The molecule has 0 aromatic heterocycles. The normalized spacial score (nSPS) is 16.7. The van der Waals surface area contributed by atoms with Gasteiger partial charge in [-0.05, 0) is 24.3 Å². The molecule has 2 heterocycles. The summed E-state index contributed by atoms with van der Waals surface area (Å²) < 4.78 is 26.4. The molecule has 0 radical (unpaired) electrons. The summed E-state index contributed by atoms with van der Waals surface area (Å²) in [5.74, 6) is 1.05. The minimum atomic E-state index is -0.914. The molecule has 0 saturated heterocycles. The first kappa shape index (κ1) is 16.1. The van der Waals surface area contributed by atoms with Gasteiger partial charge in [-0.2, -0.15) is 0 Å². The van der Waals surface area contributed by atoms with Gasteiger partial charge in [-0.1, -0.05) is 12.1 Å². The van der Waals surface area contributed by atoms with E-state index in [-0.39, 0.29) is 13.4 Å². The number of anilines is 1. The SMILES string of the molecule is O=C(COC(=O)[C@@H]1COc2ccccc2O1)Nc1ccc2c(c1)OCO2. The number of amides is 1. The lowest BCUT2D eigenvalue weighted by Crippen LogP contribution is -2.39. The van der Waals surface area contributed by atoms with Crippen LogP contribution >= 0.6 is 0 Å². The number of hydrogen-bond donors (Lipinski definition) is 1. The number of nitrogens with one attached hydrogen (secondary N) is 1. The molecule has 8 heteroatoms. The maximum absolute atomic E-state index is 12.1. The molecule has 1 N–H and O–H groups in total. The fourth-order valence-corrected chi connectivity index (χ4v) is 2.54. The Bertz CT molecular complexity index is 851. The van der Waals surface area contributed by atoms with E-state index in [0.717, 1.165) is 0 Å². The Hall–Kier alpha value is -3.42. The van der Waals surface area contributed by atoms with Crippen LogP contribution in [-0.2, 0) is 14.3 Å². The van der Waals surface area contributed by atoms with Gasteiger partial charge >= 0.3 is 5.97 Å². The smallest absolute Gasteiger partial charge is 0.351 e. The highest BCUT2D eigenvalue weighted by molar-refractivity contribution is 5.93. The van der Waals surface area contributed by atoms with Crippen molar-refractivity contribution in [1.29, 1.82) is 0 Å². The van der Waals surface area contributed by atoms with Gasteiger partial charge in [-0.15, -0.1) is 0 Å². The topological polar surface area (TPSA) is 92.3 Å². The summed E-state index contributed by atoms with van der Waals surface area (Å²) in [4.78, 5) is 24.0. The number of fused-ring (bicyclic) bond motifs is 2. The number of ether oxygens (including phenoxy) is 5.